The third kappa shape index (κ3) is 3.91. The van der Waals surface area contributed by atoms with Crippen LogP contribution in [0.5, 0.6) is 0 Å². The van der Waals surface area contributed by atoms with Crippen LogP contribution in [0.1, 0.15) is 22.3 Å². The summed E-state index contributed by atoms with van der Waals surface area (Å²) in [5.41, 5.74) is 4.65. The predicted octanol–water partition coefficient (Wildman–Crippen LogP) is 7.87. The summed E-state index contributed by atoms with van der Waals surface area (Å²) in [5, 5.41) is 10.6. The molecule has 0 N–H and O–H groups in total. The number of imidazole rings is 1. The predicted molar refractivity (Wildman–Crippen MR) is 128 cm³/mol. The number of pyridine rings is 1. The number of nitriles is 1. The number of aromatic nitrogens is 2. The lowest BCUT2D eigenvalue weighted by molar-refractivity contribution is -0.137. The van der Waals surface area contributed by atoms with E-state index < -0.39 is 11.7 Å². The molecule has 3 aromatic carbocycles. The smallest absolute Gasteiger partial charge is 0.291 e. The average Bonchev–Trinajstić information content (AvgIpc) is 3.22. The highest BCUT2D eigenvalue weighted by Gasteiger charge is 2.29. The van der Waals surface area contributed by atoms with E-state index in [1.165, 1.54) is 12.1 Å². The van der Waals surface area contributed by atoms with Gasteiger partial charge in [-0.1, -0.05) is 60.2 Å². The van der Waals surface area contributed by atoms with Crippen LogP contribution in [0.3, 0.4) is 0 Å². The summed E-state index contributed by atoms with van der Waals surface area (Å²) in [5.74, 6) is 0. The van der Waals surface area contributed by atoms with Crippen molar-refractivity contribution in [1.29, 1.82) is 5.26 Å². The van der Waals surface area contributed by atoms with Gasteiger partial charge in [0.05, 0.1) is 22.3 Å². The van der Waals surface area contributed by atoms with Crippen molar-refractivity contribution in [2.24, 2.45) is 0 Å². The quantitative estimate of drug-likeness (QED) is 0.267. The fraction of sp³-hybridized carbons (Fsp3) is 0.0370. The molecule has 0 unspecified atom stereocenters. The molecular formula is C27H15ClF3N3. The molecule has 0 amide bonds. The summed E-state index contributed by atoms with van der Waals surface area (Å²) in [7, 11) is 0. The Hall–Kier alpha value is -4.08. The second-order valence-corrected chi connectivity index (χ2v) is 8.13. The molecular weight excluding hydrogens is 459 g/mol. The number of benzene rings is 3. The van der Waals surface area contributed by atoms with E-state index in [0.717, 1.165) is 34.4 Å². The number of rotatable bonds is 3. The van der Waals surface area contributed by atoms with Crippen LogP contribution < -0.4 is 0 Å². The lowest BCUT2D eigenvalue weighted by Gasteiger charge is -2.11. The van der Waals surface area contributed by atoms with Gasteiger partial charge in [-0.3, -0.25) is 4.40 Å². The summed E-state index contributed by atoms with van der Waals surface area (Å²) < 4.78 is 40.5. The minimum absolute atomic E-state index is 0.372. The number of halogens is 4. The van der Waals surface area contributed by atoms with Crippen LogP contribution in [0.2, 0.25) is 5.02 Å². The molecule has 0 aliphatic carbocycles. The molecule has 166 valence electrons. The maximum Gasteiger partial charge on any atom is 0.416 e. The summed E-state index contributed by atoms with van der Waals surface area (Å²) in [4.78, 5) is 4.70. The van der Waals surface area contributed by atoms with Gasteiger partial charge in [-0.25, -0.2) is 4.98 Å². The first-order valence-corrected chi connectivity index (χ1v) is 10.7. The van der Waals surface area contributed by atoms with Gasteiger partial charge in [-0.15, -0.1) is 0 Å². The fourth-order valence-electron chi connectivity index (χ4n) is 3.90. The van der Waals surface area contributed by atoms with Crippen molar-refractivity contribution in [2.45, 2.75) is 6.18 Å². The molecule has 2 aromatic heterocycles. The Kier molecular flexibility index (Phi) is 5.35. The fourth-order valence-corrected chi connectivity index (χ4v) is 4.02. The van der Waals surface area contributed by atoms with Crippen LogP contribution in [0.4, 0.5) is 13.2 Å². The second kappa shape index (κ2) is 8.36. The summed E-state index contributed by atoms with van der Waals surface area (Å²) in [6.45, 7) is 0. The molecule has 2 heterocycles. The SMILES string of the molecule is N#Cc1c(C=Cc2ccc(C(F)(F)F)cc2)cc(-c2ccc(Cl)cc2)n2c1nc1ccccc12. The van der Waals surface area contributed by atoms with Crippen molar-refractivity contribution in [1.82, 2.24) is 9.38 Å². The number of para-hydroxylation sites is 2. The van der Waals surface area contributed by atoms with Gasteiger partial charge in [0, 0.05) is 5.02 Å². The standard InChI is InChI=1S/C27H15ClF3N3/c28-21-13-9-18(10-14-21)25-15-19(8-5-17-6-11-20(12-7-17)27(29,30)31)22(16-32)26-33-23-3-1-2-4-24(23)34(25)26/h1-15H. The molecule has 3 nitrogen and oxygen atoms in total. The highest BCUT2D eigenvalue weighted by molar-refractivity contribution is 6.30. The van der Waals surface area contributed by atoms with Crippen LogP contribution >= 0.6 is 11.6 Å². The molecule has 5 rings (SSSR count). The van der Waals surface area contributed by atoms with Crippen molar-refractivity contribution in [2.75, 3.05) is 0 Å². The van der Waals surface area contributed by atoms with Gasteiger partial charge in [0.25, 0.3) is 0 Å². The third-order valence-corrected chi connectivity index (χ3v) is 5.80. The van der Waals surface area contributed by atoms with Gasteiger partial charge in [-0.05, 0) is 59.2 Å². The monoisotopic (exact) mass is 473 g/mol. The van der Waals surface area contributed by atoms with E-state index in [9.17, 15) is 18.4 Å². The van der Waals surface area contributed by atoms with E-state index in [2.05, 4.69) is 6.07 Å². The first kappa shape index (κ1) is 21.7. The first-order chi connectivity index (χ1) is 16.3. The highest BCUT2D eigenvalue weighted by atomic mass is 35.5. The van der Waals surface area contributed by atoms with Gasteiger partial charge < -0.3 is 0 Å². The van der Waals surface area contributed by atoms with E-state index in [0.29, 0.717) is 27.4 Å². The molecule has 34 heavy (non-hydrogen) atoms. The second-order valence-electron chi connectivity index (χ2n) is 7.69. The molecule has 0 aliphatic rings. The van der Waals surface area contributed by atoms with E-state index >= 15 is 0 Å². The normalized spacial score (nSPS) is 12.0. The van der Waals surface area contributed by atoms with E-state index in [-0.39, 0.29) is 0 Å². The Bertz CT molecular complexity index is 1590. The zero-order chi connectivity index (χ0) is 23.9. The zero-order valence-corrected chi connectivity index (χ0v) is 18.3. The van der Waals surface area contributed by atoms with Gasteiger partial charge >= 0.3 is 6.18 Å². The largest absolute Gasteiger partial charge is 0.416 e. The molecule has 0 saturated heterocycles. The van der Waals surface area contributed by atoms with Crippen molar-refractivity contribution in [3.8, 4) is 17.3 Å². The van der Waals surface area contributed by atoms with Gasteiger partial charge in [0.2, 0.25) is 0 Å². The van der Waals surface area contributed by atoms with Crippen molar-refractivity contribution in [3.05, 3.63) is 106 Å². The van der Waals surface area contributed by atoms with Crippen LogP contribution in [0, 0.1) is 11.3 Å². The van der Waals surface area contributed by atoms with Gasteiger partial charge in [0.1, 0.15) is 11.6 Å². The van der Waals surface area contributed by atoms with E-state index in [1.807, 2.05) is 46.9 Å². The lowest BCUT2D eigenvalue weighted by Crippen LogP contribution is -2.03. The van der Waals surface area contributed by atoms with Gasteiger partial charge in [0.15, 0.2) is 5.65 Å². The van der Waals surface area contributed by atoms with E-state index in [4.69, 9.17) is 16.6 Å². The molecule has 0 radical (unpaired) electrons. The summed E-state index contributed by atoms with van der Waals surface area (Å²) >= 11 is 6.08. The average molecular weight is 474 g/mol. The Morgan fingerprint density at radius 3 is 2.29 bits per heavy atom. The third-order valence-electron chi connectivity index (χ3n) is 5.55. The molecule has 0 atom stereocenters. The molecule has 0 spiro atoms. The van der Waals surface area contributed by atoms with Crippen molar-refractivity contribution in [3.63, 3.8) is 0 Å². The molecule has 0 aliphatic heterocycles. The molecule has 0 saturated carbocycles. The van der Waals surface area contributed by atoms with Crippen LogP contribution in [-0.2, 0) is 6.18 Å². The Morgan fingerprint density at radius 2 is 1.62 bits per heavy atom. The van der Waals surface area contributed by atoms with Crippen molar-refractivity contribution < 1.29 is 13.2 Å². The van der Waals surface area contributed by atoms with Crippen LogP contribution in [0.25, 0.3) is 40.1 Å². The highest BCUT2D eigenvalue weighted by Crippen LogP contribution is 2.32. The number of hydrogen-bond donors (Lipinski definition) is 0. The van der Waals surface area contributed by atoms with Crippen LogP contribution in [0.15, 0.2) is 78.9 Å². The molecule has 0 bridgehead atoms. The molecule has 5 aromatic rings. The minimum atomic E-state index is -4.39. The Morgan fingerprint density at radius 1 is 0.912 bits per heavy atom. The zero-order valence-electron chi connectivity index (χ0n) is 17.5. The van der Waals surface area contributed by atoms with E-state index in [1.54, 1.807) is 24.3 Å². The Labute approximate surface area is 198 Å². The van der Waals surface area contributed by atoms with Crippen LogP contribution in [-0.4, -0.2) is 9.38 Å². The number of alkyl halides is 3. The molecule has 7 heteroatoms. The summed E-state index contributed by atoms with van der Waals surface area (Å²) in [6.07, 6.45) is -0.988. The number of nitrogens with zero attached hydrogens (tertiary/aromatic N) is 3. The minimum Gasteiger partial charge on any atom is -0.291 e. The first-order valence-electron chi connectivity index (χ1n) is 10.3. The Balaban J connectivity index is 1.70. The van der Waals surface area contributed by atoms with Gasteiger partial charge in [-0.2, -0.15) is 18.4 Å². The molecule has 0 fully saturated rings. The summed E-state index contributed by atoms with van der Waals surface area (Å²) in [6, 6.07) is 24.0. The number of fused-ring (bicyclic) bond motifs is 3. The lowest BCUT2D eigenvalue weighted by atomic mass is 10.0. The maximum absolute atomic E-state index is 12.9. The topological polar surface area (TPSA) is 41.1 Å². The van der Waals surface area contributed by atoms with Crippen molar-refractivity contribution >= 4 is 40.4 Å². The maximum atomic E-state index is 12.9. The number of hydrogen-bond acceptors (Lipinski definition) is 2.